The lowest BCUT2D eigenvalue weighted by Crippen LogP contribution is -2.37. The summed E-state index contributed by atoms with van der Waals surface area (Å²) in [5.41, 5.74) is 2.35. The third-order valence-electron chi connectivity index (χ3n) is 5.28. The number of aliphatic hydroxyl groups excluding tert-OH is 1. The number of rotatable bonds is 7. The highest BCUT2D eigenvalue weighted by atomic mass is 19.1. The van der Waals surface area contributed by atoms with E-state index in [0.29, 0.717) is 54.5 Å². The molecule has 1 saturated heterocycles. The number of pyridine rings is 1. The Balaban J connectivity index is 1.88. The lowest BCUT2D eigenvalue weighted by Gasteiger charge is -2.35. The fraction of sp³-hybridized carbons (Fsp3) is 0.600. The van der Waals surface area contributed by atoms with Crippen molar-refractivity contribution in [1.29, 1.82) is 0 Å². The van der Waals surface area contributed by atoms with E-state index in [1.807, 2.05) is 11.8 Å². The summed E-state index contributed by atoms with van der Waals surface area (Å²) in [7, 11) is 1.67. The molecule has 1 fully saturated rings. The third kappa shape index (κ3) is 4.55. The van der Waals surface area contributed by atoms with Crippen molar-refractivity contribution in [3.63, 3.8) is 0 Å². The minimum Gasteiger partial charge on any atom is -0.466 e. The number of nitrogens with zero attached hydrogens (tertiary/aromatic N) is 5. The Morgan fingerprint density at radius 2 is 2.21 bits per heavy atom. The smallest absolute Gasteiger partial charge is 0.306 e. The summed E-state index contributed by atoms with van der Waals surface area (Å²) in [6.45, 7) is 5.15. The highest BCUT2D eigenvalue weighted by molar-refractivity contribution is 5.70. The van der Waals surface area contributed by atoms with Gasteiger partial charge in [0, 0.05) is 26.2 Å². The number of aryl methyl sites for hydroxylation is 2. The topological polar surface area (TPSA) is 93.4 Å². The van der Waals surface area contributed by atoms with Crippen LogP contribution in [0.15, 0.2) is 6.07 Å². The van der Waals surface area contributed by atoms with E-state index >= 15 is 4.39 Å². The summed E-state index contributed by atoms with van der Waals surface area (Å²) in [5.74, 6) is -0.450. The third-order valence-corrected chi connectivity index (χ3v) is 5.28. The van der Waals surface area contributed by atoms with Crippen LogP contribution in [0.5, 0.6) is 0 Å². The van der Waals surface area contributed by atoms with Crippen molar-refractivity contribution < 1.29 is 19.0 Å². The van der Waals surface area contributed by atoms with Crippen LogP contribution in [0.4, 0.5) is 10.1 Å². The molecule has 1 aliphatic heterocycles. The zero-order valence-corrected chi connectivity index (χ0v) is 17.2. The van der Waals surface area contributed by atoms with Gasteiger partial charge in [0.15, 0.2) is 5.82 Å². The molecule has 1 unspecified atom stereocenters. The van der Waals surface area contributed by atoms with Gasteiger partial charge in [0.25, 0.3) is 0 Å². The predicted molar refractivity (Wildman–Crippen MR) is 106 cm³/mol. The average molecular weight is 405 g/mol. The first kappa shape index (κ1) is 21.2. The molecule has 2 aromatic rings. The number of aromatic nitrogens is 4. The van der Waals surface area contributed by atoms with E-state index in [2.05, 4.69) is 15.3 Å². The fourth-order valence-corrected chi connectivity index (χ4v) is 3.90. The molecule has 0 spiro atoms. The lowest BCUT2D eigenvalue weighted by molar-refractivity contribution is -0.144. The van der Waals surface area contributed by atoms with Gasteiger partial charge in [-0.25, -0.2) is 14.1 Å². The van der Waals surface area contributed by atoms with Crippen LogP contribution in [0.3, 0.4) is 0 Å². The summed E-state index contributed by atoms with van der Waals surface area (Å²) in [6, 6.07) is 1.35. The molecule has 9 heteroatoms. The lowest BCUT2D eigenvalue weighted by atomic mass is 9.94. The Kier molecular flexibility index (Phi) is 6.79. The van der Waals surface area contributed by atoms with Gasteiger partial charge in [-0.2, -0.15) is 0 Å². The molecule has 158 valence electrons. The number of piperidine rings is 1. The standard InChI is InChI=1S/C20H28FN5O3/c1-4-15-20(26-8-6-7-13(11-26)9-18(28)29-5-2)14(21)10-16(22-15)19-17(12-27)25(3)24-23-19/h10,13,27H,4-9,11-12H2,1-3H3. The molecule has 8 nitrogen and oxygen atoms in total. The summed E-state index contributed by atoms with van der Waals surface area (Å²) in [4.78, 5) is 18.5. The van der Waals surface area contributed by atoms with Crippen LogP contribution in [0.1, 0.15) is 44.5 Å². The van der Waals surface area contributed by atoms with Crippen LogP contribution in [-0.4, -0.2) is 50.8 Å². The molecule has 1 aliphatic rings. The van der Waals surface area contributed by atoms with Crippen molar-refractivity contribution in [1.82, 2.24) is 20.0 Å². The highest BCUT2D eigenvalue weighted by Gasteiger charge is 2.27. The van der Waals surface area contributed by atoms with Gasteiger partial charge in [-0.05, 0) is 32.1 Å². The van der Waals surface area contributed by atoms with Crippen molar-refractivity contribution >= 4 is 11.7 Å². The molecule has 0 aliphatic carbocycles. The van der Waals surface area contributed by atoms with Gasteiger partial charge in [0.1, 0.15) is 5.69 Å². The first-order valence-electron chi connectivity index (χ1n) is 10.1. The highest BCUT2D eigenvalue weighted by Crippen LogP contribution is 2.32. The maximum atomic E-state index is 15.2. The van der Waals surface area contributed by atoms with Crippen LogP contribution >= 0.6 is 0 Å². The van der Waals surface area contributed by atoms with Crippen molar-refractivity contribution in [2.45, 2.75) is 46.1 Å². The Labute approximate surface area is 169 Å². The number of aliphatic hydroxyl groups is 1. The summed E-state index contributed by atoms with van der Waals surface area (Å²) < 4.78 is 21.8. The molecule has 0 amide bonds. The second kappa shape index (κ2) is 9.30. The zero-order valence-electron chi connectivity index (χ0n) is 17.2. The molecule has 2 aromatic heterocycles. The van der Waals surface area contributed by atoms with Crippen molar-refractivity contribution in [2.75, 3.05) is 24.6 Å². The van der Waals surface area contributed by atoms with Crippen LogP contribution in [0.2, 0.25) is 0 Å². The second-order valence-electron chi connectivity index (χ2n) is 7.27. The molecule has 3 heterocycles. The summed E-state index contributed by atoms with van der Waals surface area (Å²) in [5, 5.41) is 17.5. The first-order chi connectivity index (χ1) is 14.0. The maximum absolute atomic E-state index is 15.2. The summed E-state index contributed by atoms with van der Waals surface area (Å²) >= 11 is 0. The molecule has 0 bridgehead atoms. The van der Waals surface area contributed by atoms with Crippen LogP contribution in [0.25, 0.3) is 11.4 Å². The van der Waals surface area contributed by atoms with E-state index in [9.17, 15) is 9.90 Å². The number of hydrogen-bond acceptors (Lipinski definition) is 7. The molecule has 0 aromatic carbocycles. The van der Waals surface area contributed by atoms with E-state index < -0.39 is 0 Å². The molecule has 0 radical (unpaired) electrons. The van der Waals surface area contributed by atoms with Gasteiger partial charge in [0.05, 0.1) is 42.4 Å². The number of carbonyl (C=O) groups excluding carboxylic acids is 1. The number of carbonyl (C=O) groups is 1. The van der Waals surface area contributed by atoms with E-state index in [-0.39, 0.29) is 24.3 Å². The Morgan fingerprint density at radius 3 is 2.90 bits per heavy atom. The quantitative estimate of drug-likeness (QED) is 0.706. The number of ether oxygens (including phenoxy) is 1. The van der Waals surface area contributed by atoms with E-state index in [4.69, 9.17) is 4.74 Å². The number of esters is 1. The first-order valence-corrected chi connectivity index (χ1v) is 10.1. The minimum absolute atomic E-state index is 0.132. The van der Waals surface area contributed by atoms with Crippen LogP contribution < -0.4 is 4.90 Å². The van der Waals surface area contributed by atoms with Crippen molar-refractivity contribution in [3.8, 4) is 11.4 Å². The van der Waals surface area contributed by atoms with Crippen molar-refractivity contribution in [2.24, 2.45) is 13.0 Å². The molecular formula is C20H28FN5O3. The predicted octanol–water partition coefficient (Wildman–Crippen LogP) is 2.24. The van der Waals surface area contributed by atoms with Gasteiger partial charge in [-0.15, -0.1) is 5.10 Å². The number of halogens is 1. The van der Waals surface area contributed by atoms with Crippen LogP contribution in [0, 0.1) is 11.7 Å². The molecule has 1 N–H and O–H groups in total. The maximum Gasteiger partial charge on any atom is 0.306 e. The van der Waals surface area contributed by atoms with Crippen LogP contribution in [-0.2, 0) is 29.6 Å². The van der Waals surface area contributed by atoms with Gasteiger partial charge < -0.3 is 14.7 Å². The van der Waals surface area contributed by atoms with E-state index in [0.717, 1.165) is 19.4 Å². The summed E-state index contributed by atoms with van der Waals surface area (Å²) in [6.07, 6.45) is 2.70. The van der Waals surface area contributed by atoms with E-state index in [1.54, 1.807) is 14.0 Å². The Bertz CT molecular complexity index is 870. The normalized spacial score (nSPS) is 16.9. The average Bonchev–Trinajstić information content (AvgIpc) is 3.08. The SMILES string of the molecule is CCOC(=O)CC1CCCN(c2c(F)cc(-c3nnn(C)c3CO)nc2CC)C1. The van der Waals surface area contributed by atoms with Gasteiger partial charge >= 0.3 is 5.97 Å². The molecule has 3 rings (SSSR count). The zero-order chi connectivity index (χ0) is 21.0. The monoisotopic (exact) mass is 405 g/mol. The van der Waals surface area contributed by atoms with Gasteiger partial charge in [0.2, 0.25) is 0 Å². The molecular weight excluding hydrogens is 377 g/mol. The fourth-order valence-electron chi connectivity index (χ4n) is 3.90. The second-order valence-corrected chi connectivity index (χ2v) is 7.27. The van der Waals surface area contributed by atoms with E-state index in [1.165, 1.54) is 10.7 Å². The number of anilines is 1. The number of hydrogen-bond donors (Lipinski definition) is 1. The van der Waals surface area contributed by atoms with Gasteiger partial charge in [-0.3, -0.25) is 4.79 Å². The Hall–Kier alpha value is -2.55. The van der Waals surface area contributed by atoms with Crippen molar-refractivity contribution in [3.05, 3.63) is 23.3 Å². The molecule has 29 heavy (non-hydrogen) atoms. The largest absolute Gasteiger partial charge is 0.466 e. The minimum atomic E-state index is -0.377. The Morgan fingerprint density at radius 1 is 1.41 bits per heavy atom. The molecule has 0 saturated carbocycles. The molecule has 1 atom stereocenters. The van der Waals surface area contributed by atoms with Gasteiger partial charge in [-0.1, -0.05) is 12.1 Å².